The van der Waals surface area contributed by atoms with Crippen molar-refractivity contribution in [1.29, 1.82) is 0 Å². The molecule has 2 aromatic rings. The fourth-order valence-corrected chi connectivity index (χ4v) is 1.43. The van der Waals surface area contributed by atoms with Crippen LogP contribution in [0.3, 0.4) is 0 Å². The summed E-state index contributed by atoms with van der Waals surface area (Å²) in [5, 5.41) is 7.23. The molecule has 90 valence electrons. The largest absolute Gasteiger partial charge is 0.418 e. The molecule has 0 atom stereocenters. The number of alkyl halides is 3. The molecule has 8 heteroatoms. The van der Waals surface area contributed by atoms with Crippen LogP contribution in [0.15, 0.2) is 24.4 Å². The smallest absolute Gasteiger partial charge is 0.399 e. The number of nitrogens with zero attached hydrogens (tertiary/aromatic N) is 3. The van der Waals surface area contributed by atoms with Crippen LogP contribution in [-0.2, 0) is 6.18 Å². The standard InChI is InChI=1S/C9H6ClF3N4/c10-8-4-15-17(16-8)7-3-5(14)1-2-6(7)9(11,12)13/h1-4H,14H2. The Bertz CT molecular complexity index is 549. The number of rotatable bonds is 1. The summed E-state index contributed by atoms with van der Waals surface area (Å²) in [6.45, 7) is 0. The predicted molar refractivity (Wildman–Crippen MR) is 55.8 cm³/mol. The maximum Gasteiger partial charge on any atom is 0.418 e. The van der Waals surface area contributed by atoms with Gasteiger partial charge in [-0.2, -0.15) is 18.3 Å². The molecule has 1 aromatic heterocycles. The number of nitrogens with two attached hydrogens (primary N) is 1. The van der Waals surface area contributed by atoms with E-state index in [0.29, 0.717) is 0 Å². The monoisotopic (exact) mass is 262 g/mol. The number of aromatic nitrogens is 3. The summed E-state index contributed by atoms with van der Waals surface area (Å²) in [6, 6.07) is 3.18. The second-order valence-electron chi connectivity index (χ2n) is 3.23. The second-order valence-corrected chi connectivity index (χ2v) is 3.62. The van der Waals surface area contributed by atoms with Gasteiger partial charge in [-0.15, -0.1) is 9.90 Å². The first-order valence-corrected chi connectivity index (χ1v) is 4.80. The topological polar surface area (TPSA) is 56.7 Å². The minimum Gasteiger partial charge on any atom is -0.399 e. The quantitative estimate of drug-likeness (QED) is 0.804. The van der Waals surface area contributed by atoms with Gasteiger partial charge in [0, 0.05) is 5.69 Å². The average molecular weight is 263 g/mol. The van der Waals surface area contributed by atoms with Crippen molar-refractivity contribution < 1.29 is 13.2 Å². The minimum atomic E-state index is -4.51. The zero-order valence-electron chi connectivity index (χ0n) is 8.24. The second kappa shape index (κ2) is 3.92. The van der Waals surface area contributed by atoms with Gasteiger partial charge < -0.3 is 5.73 Å². The molecule has 0 spiro atoms. The Labute approximate surface area is 98.8 Å². The van der Waals surface area contributed by atoms with Crippen LogP contribution in [0.5, 0.6) is 0 Å². The zero-order valence-corrected chi connectivity index (χ0v) is 9.00. The van der Waals surface area contributed by atoms with E-state index < -0.39 is 11.7 Å². The van der Waals surface area contributed by atoms with Crippen LogP contribution in [0.1, 0.15) is 5.56 Å². The molecule has 4 nitrogen and oxygen atoms in total. The lowest BCUT2D eigenvalue weighted by molar-refractivity contribution is -0.137. The van der Waals surface area contributed by atoms with Gasteiger partial charge in [0.1, 0.15) is 0 Å². The highest BCUT2D eigenvalue weighted by atomic mass is 35.5. The van der Waals surface area contributed by atoms with E-state index in [4.69, 9.17) is 17.3 Å². The summed E-state index contributed by atoms with van der Waals surface area (Å²) >= 11 is 5.51. The van der Waals surface area contributed by atoms with E-state index in [1.165, 1.54) is 0 Å². The molecule has 17 heavy (non-hydrogen) atoms. The predicted octanol–water partition coefficient (Wildman–Crippen LogP) is 2.52. The first-order valence-electron chi connectivity index (χ1n) is 4.43. The van der Waals surface area contributed by atoms with Crippen molar-refractivity contribution in [3.05, 3.63) is 35.1 Å². The van der Waals surface area contributed by atoms with Crippen molar-refractivity contribution in [3.63, 3.8) is 0 Å². The molecular weight excluding hydrogens is 257 g/mol. The number of benzene rings is 1. The van der Waals surface area contributed by atoms with Crippen LogP contribution in [-0.4, -0.2) is 15.0 Å². The van der Waals surface area contributed by atoms with Crippen molar-refractivity contribution in [1.82, 2.24) is 15.0 Å². The lowest BCUT2D eigenvalue weighted by Gasteiger charge is -2.12. The molecule has 1 heterocycles. The van der Waals surface area contributed by atoms with Gasteiger partial charge >= 0.3 is 6.18 Å². The maximum atomic E-state index is 12.7. The Morgan fingerprint density at radius 1 is 1.29 bits per heavy atom. The molecule has 1 aromatic carbocycles. The van der Waals surface area contributed by atoms with E-state index in [0.717, 1.165) is 29.2 Å². The van der Waals surface area contributed by atoms with E-state index in [2.05, 4.69) is 10.2 Å². The zero-order chi connectivity index (χ0) is 12.6. The highest BCUT2D eigenvalue weighted by Gasteiger charge is 2.34. The molecule has 0 amide bonds. The molecule has 0 aliphatic heterocycles. The minimum absolute atomic E-state index is 0.000508. The van der Waals surface area contributed by atoms with Crippen molar-refractivity contribution in [2.75, 3.05) is 5.73 Å². The van der Waals surface area contributed by atoms with Crippen LogP contribution in [0, 0.1) is 0 Å². The van der Waals surface area contributed by atoms with Crippen LogP contribution in [0.2, 0.25) is 5.15 Å². The molecule has 0 aliphatic carbocycles. The first-order chi connectivity index (χ1) is 7.88. The third-order valence-corrected chi connectivity index (χ3v) is 2.18. The van der Waals surface area contributed by atoms with Crippen molar-refractivity contribution in [2.24, 2.45) is 0 Å². The molecule has 0 saturated carbocycles. The Balaban J connectivity index is 2.63. The van der Waals surface area contributed by atoms with E-state index in [1.807, 2.05) is 0 Å². The number of halogens is 4. The van der Waals surface area contributed by atoms with Crippen LogP contribution < -0.4 is 5.73 Å². The Hall–Kier alpha value is -1.76. The van der Waals surface area contributed by atoms with Gasteiger partial charge in [-0.05, 0) is 18.2 Å². The van der Waals surface area contributed by atoms with Crippen molar-refractivity contribution >= 4 is 17.3 Å². The summed E-state index contributed by atoms with van der Waals surface area (Å²) in [7, 11) is 0. The highest BCUT2D eigenvalue weighted by molar-refractivity contribution is 6.29. The lowest BCUT2D eigenvalue weighted by Crippen LogP contribution is -2.12. The summed E-state index contributed by atoms with van der Waals surface area (Å²) < 4.78 is 38.2. The van der Waals surface area contributed by atoms with Gasteiger partial charge in [0.2, 0.25) is 0 Å². The van der Waals surface area contributed by atoms with E-state index in [1.54, 1.807) is 0 Å². The molecule has 0 unspecified atom stereocenters. The molecule has 2 rings (SSSR count). The molecule has 0 fully saturated rings. The van der Waals surface area contributed by atoms with E-state index in [9.17, 15) is 13.2 Å². The first kappa shape index (κ1) is 11.7. The van der Waals surface area contributed by atoms with Crippen LogP contribution in [0.25, 0.3) is 5.69 Å². The SMILES string of the molecule is Nc1ccc(C(F)(F)F)c(-n2ncc(Cl)n2)c1. The number of anilines is 1. The fraction of sp³-hybridized carbons (Fsp3) is 0.111. The number of hydrogen-bond acceptors (Lipinski definition) is 3. The molecule has 0 bridgehead atoms. The van der Waals surface area contributed by atoms with Gasteiger partial charge in [0.25, 0.3) is 0 Å². The molecule has 0 aliphatic rings. The molecule has 0 radical (unpaired) electrons. The summed E-state index contributed by atoms with van der Waals surface area (Å²) in [5.74, 6) is 0. The Kier molecular flexibility index (Phi) is 2.70. The van der Waals surface area contributed by atoms with Gasteiger partial charge in [-0.1, -0.05) is 11.6 Å². The Morgan fingerprint density at radius 3 is 2.53 bits per heavy atom. The van der Waals surface area contributed by atoms with Gasteiger partial charge in [-0.3, -0.25) is 0 Å². The van der Waals surface area contributed by atoms with Gasteiger partial charge in [0.15, 0.2) is 5.15 Å². The average Bonchev–Trinajstić information content (AvgIpc) is 2.62. The van der Waals surface area contributed by atoms with E-state index in [-0.39, 0.29) is 16.5 Å². The van der Waals surface area contributed by atoms with Crippen molar-refractivity contribution in [2.45, 2.75) is 6.18 Å². The highest BCUT2D eigenvalue weighted by Crippen LogP contribution is 2.34. The Morgan fingerprint density at radius 2 is 2.00 bits per heavy atom. The maximum absolute atomic E-state index is 12.7. The number of hydrogen-bond donors (Lipinski definition) is 1. The number of nitrogen functional groups attached to an aromatic ring is 1. The third-order valence-electron chi connectivity index (χ3n) is 2.01. The van der Waals surface area contributed by atoms with Crippen LogP contribution in [0.4, 0.5) is 18.9 Å². The van der Waals surface area contributed by atoms with E-state index >= 15 is 0 Å². The summed E-state index contributed by atoms with van der Waals surface area (Å²) in [6.07, 6.45) is -3.37. The van der Waals surface area contributed by atoms with Crippen molar-refractivity contribution in [3.8, 4) is 5.69 Å². The lowest BCUT2D eigenvalue weighted by atomic mass is 10.1. The summed E-state index contributed by atoms with van der Waals surface area (Å²) in [5.41, 5.74) is 4.49. The molecular formula is C9H6ClF3N4. The van der Waals surface area contributed by atoms with Gasteiger partial charge in [0.05, 0.1) is 17.4 Å². The molecule has 0 saturated heterocycles. The normalized spacial score (nSPS) is 11.8. The summed E-state index contributed by atoms with van der Waals surface area (Å²) in [4.78, 5) is 0.793. The van der Waals surface area contributed by atoms with Gasteiger partial charge in [-0.25, -0.2) is 0 Å². The third kappa shape index (κ3) is 2.33. The molecule has 2 N–H and O–H groups in total. The van der Waals surface area contributed by atoms with Crippen LogP contribution >= 0.6 is 11.6 Å². The fourth-order valence-electron chi connectivity index (χ4n) is 1.31.